The van der Waals surface area contributed by atoms with Gasteiger partial charge in [-0.25, -0.2) is 9.37 Å². The Morgan fingerprint density at radius 3 is 2.76 bits per heavy atom. The molecule has 3 aromatic carbocycles. The van der Waals surface area contributed by atoms with Gasteiger partial charge in [0, 0.05) is 0 Å². The number of para-hydroxylation sites is 1. The van der Waals surface area contributed by atoms with Crippen molar-refractivity contribution < 1.29 is 18.3 Å². The number of hydrogen-bond acceptors (Lipinski definition) is 6. The Hall–Kier alpha value is -4.04. The molecule has 168 valence electrons. The molecular formula is C26H17FN2O4S. The van der Waals surface area contributed by atoms with Crippen molar-refractivity contribution in [1.82, 2.24) is 4.98 Å². The highest BCUT2D eigenvalue weighted by Crippen LogP contribution is 2.44. The van der Waals surface area contributed by atoms with E-state index in [0.717, 1.165) is 4.70 Å². The Balaban J connectivity index is 1.59. The molecule has 3 heterocycles. The number of rotatable bonds is 4. The fraction of sp³-hybridized carbons (Fsp3) is 0.115. The molecule has 0 aliphatic carbocycles. The van der Waals surface area contributed by atoms with Gasteiger partial charge in [-0.2, -0.15) is 0 Å². The fourth-order valence-corrected chi connectivity index (χ4v) is 5.38. The van der Waals surface area contributed by atoms with Crippen LogP contribution in [0.25, 0.3) is 21.2 Å². The number of nitrogens with zero attached hydrogens (tertiary/aromatic N) is 2. The first-order valence-electron chi connectivity index (χ1n) is 10.7. The zero-order valence-corrected chi connectivity index (χ0v) is 18.8. The van der Waals surface area contributed by atoms with Crippen LogP contribution in [-0.4, -0.2) is 17.5 Å². The molecule has 0 saturated carbocycles. The number of hydrogen-bond donors (Lipinski definition) is 0. The zero-order chi connectivity index (χ0) is 23.4. The fourth-order valence-electron chi connectivity index (χ4n) is 4.36. The summed E-state index contributed by atoms with van der Waals surface area (Å²) in [5.41, 5.74) is 1.34. The number of anilines is 1. The lowest BCUT2D eigenvalue weighted by Crippen LogP contribution is -2.29. The van der Waals surface area contributed by atoms with E-state index in [1.807, 2.05) is 25.1 Å². The number of aromatic nitrogens is 1. The van der Waals surface area contributed by atoms with E-state index in [2.05, 4.69) is 4.98 Å². The first kappa shape index (κ1) is 20.6. The van der Waals surface area contributed by atoms with Gasteiger partial charge in [-0.15, -0.1) is 0 Å². The molecule has 0 spiro atoms. The molecular weight excluding hydrogens is 455 g/mol. The number of thiazole rings is 1. The minimum Gasteiger partial charge on any atom is -0.494 e. The predicted molar refractivity (Wildman–Crippen MR) is 128 cm³/mol. The zero-order valence-electron chi connectivity index (χ0n) is 17.9. The summed E-state index contributed by atoms with van der Waals surface area (Å²) in [6, 6.07) is 17.3. The summed E-state index contributed by atoms with van der Waals surface area (Å²) < 4.78 is 26.6. The minimum absolute atomic E-state index is 0.0489. The number of benzene rings is 3. The molecule has 0 bridgehead atoms. The van der Waals surface area contributed by atoms with Gasteiger partial charge >= 0.3 is 0 Å². The molecule has 0 fully saturated rings. The quantitative estimate of drug-likeness (QED) is 0.336. The number of ether oxygens (including phenoxy) is 1. The maximum Gasteiger partial charge on any atom is 0.297 e. The van der Waals surface area contributed by atoms with Crippen molar-refractivity contribution in [2.45, 2.75) is 13.0 Å². The van der Waals surface area contributed by atoms with Gasteiger partial charge in [0.05, 0.1) is 33.8 Å². The van der Waals surface area contributed by atoms with Crippen molar-refractivity contribution in [2.24, 2.45) is 0 Å². The molecule has 1 amide bonds. The molecule has 34 heavy (non-hydrogen) atoms. The molecule has 5 aromatic rings. The van der Waals surface area contributed by atoms with Gasteiger partial charge in [-0.05, 0) is 55.0 Å². The third kappa shape index (κ3) is 3.10. The molecule has 6 nitrogen and oxygen atoms in total. The molecule has 2 aromatic heterocycles. The molecule has 1 aliphatic rings. The van der Waals surface area contributed by atoms with Crippen LogP contribution in [0.2, 0.25) is 0 Å². The first-order valence-corrected chi connectivity index (χ1v) is 11.5. The second-order valence-corrected chi connectivity index (χ2v) is 8.87. The van der Waals surface area contributed by atoms with E-state index < -0.39 is 17.8 Å². The van der Waals surface area contributed by atoms with Gasteiger partial charge < -0.3 is 9.15 Å². The first-order chi connectivity index (χ1) is 16.5. The molecule has 6 rings (SSSR count). The van der Waals surface area contributed by atoms with Crippen LogP contribution in [0.1, 0.15) is 34.6 Å². The van der Waals surface area contributed by atoms with Gasteiger partial charge in [0.2, 0.25) is 5.76 Å². The Bertz CT molecular complexity index is 1660. The standard InChI is InChI=1S/C26H17FN2O4S/c1-2-32-16-10-11-18-20(13-16)34-26(28-18)29-22(14-6-5-7-15(27)12-14)21-23(30)17-8-3-4-9-19(17)33-24(21)25(29)31/h3-13,22H,2H2,1H3/t22-/m0/s1. The number of fused-ring (bicyclic) bond motifs is 3. The average molecular weight is 472 g/mol. The van der Waals surface area contributed by atoms with E-state index in [9.17, 15) is 14.0 Å². The summed E-state index contributed by atoms with van der Waals surface area (Å²) in [7, 11) is 0. The van der Waals surface area contributed by atoms with Gasteiger partial charge in [0.15, 0.2) is 10.6 Å². The smallest absolute Gasteiger partial charge is 0.297 e. The molecule has 8 heteroatoms. The monoisotopic (exact) mass is 472 g/mol. The van der Waals surface area contributed by atoms with Crippen LogP contribution >= 0.6 is 11.3 Å². The largest absolute Gasteiger partial charge is 0.494 e. The van der Waals surface area contributed by atoms with Crippen molar-refractivity contribution in [3.63, 3.8) is 0 Å². The molecule has 0 radical (unpaired) electrons. The maximum absolute atomic E-state index is 14.2. The van der Waals surface area contributed by atoms with Crippen molar-refractivity contribution in [2.75, 3.05) is 11.5 Å². The lowest BCUT2D eigenvalue weighted by atomic mass is 9.98. The van der Waals surface area contributed by atoms with E-state index in [1.165, 1.54) is 28.4 Å². The Morgan fingerprint density at radius 1 is 1.09 bits per heavy atom. The molecule has 1 aliphatic heterocycles. The molecule has 1 atom stereocenters. The van der Waals surface area contributed by atoms with Crippen molar-refractivity contribution in [1.29, 1.82) is 0 Å². The molecule has 0 N–H and O–H groups in total. The van der Waals surface area contributed by atoms with Crippen LogP contribution in [0.5, 0.6) is 5.75 Å². The summed E-state index contributed by atoms with van der Waals surface area (Å²) in [6.07, 6.45) is 0. The summed E-state index contributed by atoms with van der Waals surface area (Å²) in [6.45, 7) is 2.43. The van der Waals surface area contributed by atoms with Gasteiger partial charge in [-0.3, -0.25) is 14.5 Å². The van der Waals surface area contributed by atoms with Gasteiger partial charge in [0.25, 0.3) is 5.91 Å². The Morgan fingerprint density at radius 2 is 1.94 bits per heavy atom. The highest BCUT2D eigenvalue weighted by atomic mass is 32.1. The number of amides is 1. The van der Waals surface area contributed by atoms with E-state index >= 15 is 0 Å². The maximum atomic E-state index is 14.2. The van der Waals surface area contributed by atoms with Crippen LogP contribution in [0.3, 0.4) is 0 Å². The topological polar surface area (TPSA) is 72.6 Å². The molecule has 0 unspecified atom stereocenters. The van der Waals surface area contributed by atoms with Crippen LogP contribution < -0.4 is 15.1 Å². The lowest BCUT2D eigenvalue weighted by Gasteiger charge is -2.22. The highest BCUT2D eigenvalue weighted by molar-refractivity contribution is 7.22. The Labute approximate surface area is 196 Å². The summed E-state index contributed by atoms with van der Waals surface area (Å²) in [5, 5.41) is 0.751. The van der Waals surface area contributed by atoms with Crippen molar-refractivity contribution in [3.8, 4) is 5.75 Å². The highest BCUT2D eigenvalue weighted by Gasteiger charge is 2.45. The minimum atomic E-state index is -0.869. The van der Waals surface area contributed by atoms with Crippen LogP contribution in [0.15, 0.2) is 75.9 Å². The normalized spacial score (nSPS) is 15.3. The number of halogens is 1. The summed E-state index contributed by atoms with van der Waals surface area (Å²) in [5.74, 6) is -0.302. The number of carbonyl (C=O) groups excluding carboxylic acids is 1. The van der Waals surface area contributed by atoms with Crippen LogP contribution in [0.4, 0.5) is 9.52 Å². The van der Waals surface area contributed by atoms with Crippen LogP contribution in [0, 0.1) is 5.82 Å². The summed E-state index contributed by atoms with van der Waals surface area (Å²) >= 11 is 1.30. The molecule has 0 saturated heterocycles. The average Bonchev–Trinajstić information content (AvgIpc) is 3.38. The second-order valence-electron chi connectivity index (χ2n) is 7.86. The van der Waals surface area contributed by atoms with Gasteiger partial charge in [-0.1, -0.05) is 35.6 Å². The van der Waals surface area contributed by atoms with E-state index in [0.29, 0.717) is 39.5 Å². The van der Waals surface area contributed by atoms with E-state index in [-0.39, 0.29) is 16.8 Å². The lowest BCUT2D eigenvalue weighted by molar-refractivity contribution is 0.0971. The van der Waals surface area contributed by atoms with E-state index in [1.54, 1.807) is 36.4 Å². The number of carbonyl (C=O) groups is 1. The van der Waals surface area contributed by atoms with Crippen molar-refractivity contribution >= 4 is 43.6 Å². The second kappa shape index (κ2) is 7.78. The summed E-state index contributed by atoms with van der Waals surface area (Å²) in [4.78, 5) is 33.3. The third-order valence-electron chi connectivity index (χ3n) is 5.81. The predicted octanol–water partition coefficient (Wildman–Crippen LogP) is 5.69. The van der Waals surface area contributed by atoms with E-state index in [4.69, 9.17) is 9.15 Å². The van der Waals surface area contributed by atoms with Gasteiger partial charge in [0.1, 0.15) is 17.1 Å². The van der Waals surface area contributed by atoms with Crippen molar-refractivity contribution in [3.05, 3.63) is 99.7 Å². The third-order valence-corrected chi connectivity index (χ3v) is 6.83. The SMILES string of the molecule is CCOc1ccc2nc(N3C(=O)c4oc5ccccc5c(=O)c4[C@@H]3c3cccc(F)c3)sc2c1. The van der Waals surface area contributed by atoms with Crippen LogP contribution in [-0.2, 0) is 0 Å². The Kier molecular flexibility index (Phi) is 4.70.